The lowest BCUT2D eigenvalue weighted by Gasteiger charge is -2.04. The molecule has 338 valence electrons. The van der Waals surface area contributed by atoms with Gasteiger partial charge in [-0.05, 0) is 24.0 Å². The highest BCUT2D eigenvalue weighted by Gasteiger charge is 2.07. The average Bonchev–Trinajstić information content (AvgIpc) is 3.22. The van der Waals surface area contributed by atoms with Crippen molar-refractivity contribution in [3.05, 3.63) is 49.1 Å². The minimum absolute atomic E-state index is 0. The zero-order valence-corrected chi connectivity index (χ0v) is 42.1. The number of aromatic nitrogens is 2. The molecule has 58 heavy (non-hydrogen) atoms. The van der Waals surface area contributed by atoms with Gasteiger partial charge in [0.25, 0.3) is 0 Å². The highest BCUT2D eigenvalue weighted by molar-refractivity contribution is 5.60. The number of hydrogen-bond donors (Lipinski definition) is 0. The third kappa shape index (κ3) is 36.0. The molecule has 4 heteroatoms. The van der Waals surface area contributed by atoms with Crippen molar-refractivity contribution in [2.24, 2.45) is 0 Å². The van der Waals surface area contributed by atoms with E-state index in [4.69, 9.17) is 0 Å². The highest BCUT2D eigenvalue weighted by atomic mass is 79.9. The van der Waals surface area contributed by atoms with Gasteiger partial charge in [0.15, 0.2) is 24.8 Å². The minimum atomic E-state index is 0. The summed E-state index contributed by atoms with van der Waals surface area (Å²) in [5.41, 5.74) is 2.66. The Balaban J connectivity index is 0.0000162. The largest absolute Gasteiger partial charge is 1.00 e. The first-order valence-corrected chi connectivity index (χ1v) is 25.8. The van der Waals surface area contributed by atoms with Gasteiger partial charge < -0.3 is 34.0 Å². The van der Waals surface area contributed by atoms with Crippen molar-refractivity contribution < 1.29 is 43.1 Å². The fraction of sp³-hybridized carbons (Fsp3) is 0.815. The summed E-state index contributed by atoms with van der Waals surface area (Å²) in [7, 11) is 0. The van der Waals surface area contributed by atoms with Crippen LogP contribution in [0.1, 0.15) is 271 Å². The van der Waals surface area contributed by atoms with Crippen molar-refractivity contribution in [3.63, 3.8) is 0 Å². The fourth-order valence-electron chi connectivity index (χ4n) is 8.70. The van der Waals surface area contributed by atoms with Crippen molar-refractivity contribution in [1.29, 1.82) is 0 Å². The van der Waals surface area contributed by atoms with Crippen molar-refractivity contribution in [1.82, 2.24) is 0 Å². The summed E-state index contributed by atoms with van der Waals surface area (Å²) in [5, 5.41) is 0. The molecule has 0 bridgehead atoms. The van der Waals surface area contributed by atoms with Gasteiger partial charge >= 0.3 is 0 Å². The Hall–Kier alpha value is -0.740. The van der Waals surface area contributed by atoms with Crippen LogP contribution in [-0.2, 0) is 13.1 Å². The van der Waals surface area contributed by atoms with E-state index in [1.807, 2.05) is 0 Å². The minimum Gasteiger partial charge on any atom is -1.00 e. The van der Waals surface area contributed by atoms with Gasteiger partial charge in [0.1, 0.15) is 13.1 Å². The van der Waals surface area contributed by atoms with Crippen molar-refractivity contribution in [3.8, 4) is 11.1 Å². The predicted octanol–water partition coefficient (Wildman–Crippen LogP) is 11.6. The SMILES string of the molecule is CCCCCCCCCCCCCCCCCCCCCC[n+]1ccc(-c2cc[n+](CCCCCCCCCCCCCCCCCCCCCC)cc2)cc1.[Br-].[Br-]. The monoisotopic (exact) mass is 933 g/mol. The van der Waals surface area contributed by atoms with Crippen LogP contribution in [0.4, 0.5) is 0 Å². The molecule has 0 saturated heterocycles. The van der Waals surface area contributed by atoms with Crippen molar-refractivity contribution in [2.75, 3.05) is 0 Å². The third-order valence-corrected chi connectivity index (χ3v) is 12.7. The molecule has 2 heterocycles. The second-order valence-electron chi connectivity index (χ2n) is 18.1. The van der Waals surface area contributed by atoms with E-state index in [-0.39, 0.29) is 34.0 Å². The van der Waals surface area contributed by atoms with Gasteiger partial charge in [-0.15, -0.1) is 0 Å². The van der Waals surface area contributed by atoms with E-state index in [1.54, 1.807) is 0 Å². The van der Waals surface area contributed by atoms with Crippen LogP contribution < -0.4 is 43.1 Å². The average molecular weight is 935 g/mol. The van der Waals surface area contributed by atoms with Gasteiger partial charge in [0.05, 0.1) is 0 Å². The molecule has 0 N–H and O–H groups in total. The summed E-state index contributed by atoms with van der Waals surface area (Å²) in [6, 6.07) is 9.20. The van der Waals surface area contributed by atoms with Gasteiger partial charge in [0.2, 0.25) is 0 Å². The van der Waals surface area contributed by atoms with Gasteiger partial charge in [0, 0.05) is 37.1 Å². The first-order valence-electron chi connectivity index (χ1n) is 25.8. The van der Waals surface area contributed by atoms with Crippen LogP contribution in [0, 0.1) is 0 Å². The van der Waals surface area contributed by atoms with Crippen LogP contribution in [-0.4, -0.2) is 0 Å². The lowest BCUT2D eigenvalue weighted by atomic mass is 10.0. The first kappa shape index (κ1) is 57.3. The number of nitrogens with zero attached hydrogens (tertiary/aromatic N) is 2. The molecular formula is C54H98Br2N2. The number of halogens is 2. The van der Waals surface area contributed by atoms with Gasteiger partial charge in [-0.3, -0.25) is 0 Å². The van der Waals surface area contributed by atoms with E-state index in [0.717, 1.165) is 13.1 Å². The number of aryl methyl sites for hydroxylation is 2. The number of rotatable bonds is 43. The van der Waals surface area contributed by atoms with Crippen molar-refractivity contribution >= 4 is 0 Å². The zero-order chi connectivity index (χ0) is 39.7. The molecule has 2 aromatic heterocycles. The van der Waals surface area contributed by atoms with Gasteiger partial charge in [-0.2, -0.15) is 0 Å². The molecule has 0 aliphatic rings. The normalized spacial score (nSPS) is 11.1. The quantitative estimate of drug-likeness (QED) is 0.0462. The van der Waals surface area contributed by atoms with E-state index in [2.05, 4.69) is 72.0 Å². The van der Waals surface area contributed by atoms with Gasteiger partial charge in [-0.1, -0.05) is 245 Å². The summed E-state index contributed by atoms with van der Waals surface area (Å²) >= 11 is 0. The lowest BCUT2D eigenvalue weighted by Crippen LogP contribution is -3.00. The molecule has 0 aromatic carbocycles. The molecule has 0 spiro atoms. The molecule has 0 saturated carbocycles. The molecule has 0 aliphatic carbocycles. The maximum Gasteiger partial charge on any atom is 0.169 e. The van der Waals surface area contributed by atoms with E-state index < -0.39 is 0 Å². The summed E-state index contributed by atoms with van der Waals surface area (Å²) in [5.74, 6) is 0. The molecule has 2 aromatic rings. The second kappa shape index (κ2) is 45.8. The van der Waals surface area contributed by atoms with Crippen LogP contribution in [0.25, 0.3) is 11.1 Å². The molecule has 0 radical (unpaired) electrons. The molecule has 0 atom stereocenters. The van der Waals surface area contributed by atoms with Crippen molar-refractivity contribution in [2.45, 2.75) is 284 Å². The van der Waals surface area contributed by atoms with E-state index in [0.29, 0.717) is 0 Å². The zero-order valence-electron chi connectivity index (χ0n) is 39.0. The Morgan fingerprint density at radius 3 is 0.569 bits per heavy atom. The summed E-state index contributed by atoms with van der Waals surface area (Å²) in [4.78, 5) is 0. The smallest absolute Gasteiger partial charge is 0.169 e. The summed E-state index contributed by atoms with van der Waals surface area (Å²) in [6.07, 6.45) is 66.8. The molecule has 0 unspecified atom stereocenters. The Morgan fingerprint density at radius 2 is 0.397 bits per heavy atom. The first-order chi connectivity index (χ1) is 27.8. The molecule has 0 amide bonds. The second-order valence-corrected chi connectivity index (χ2v) is 18.1. The van der Waals surface area contributed by atoms with Gasteiger partial charge in [-0.25, -0.2) is 9.13 Å². The Morgan fingerprint density at radius 1 is 0.241 bits per heavy atom. The van der Waals surface area contributed by atoms with Crippen LogP contribution in [0.5, 0.6) is 0 Å². The Labute approximate surface area is 384 Å². The molecule has 0 fully saturated rings. The van der Waals surface area contributed by atoms with E-state index in [9.17, 15) is 0 Å². The molecule has 0 aliphatic heterocycles. The molecular weight excluding hydrogens is 836 g/mol. The fourth-order valence-corrected chi connectivity index (χ4v) is 8.70. The Bertz CT molecular complexity index is 970. The van der Waals surface area contributed by atoms with Crippen LogP contribution in [0.15, 0.2) is 49.1 Å². The molecule has 2 rings (SSSR count). The maximum atomic E-state index is 2.38. The maximum absolute atomic E-state index is 2.38. The third-order valence-electron chi connectivity index (χ3n) is 12.7. The standard InChI is InChI=1S/C54H98N2.2BrH/c1-3-5-7-9-11-13-15-17-19-21-23-25-27-29-31-33-35-37-39-41-47-55-49-43-53(44-50-55)54-45-51-56(52-46-54)48-42-40-38-36-34-32-30-28-26-24-22-20-18-16-14-12-10-8-6-4-2;;/h43-46,49-52H,3-42,47-48H2,1-2H3;2*1H/q+2;;/p-2. The number of pyridine rings is 2. The van der Waals surface area contributed by atoms with E-state index >= 15 is 0 Å². The van der Waals surface area contributed by atoms with Crippen LogP contribution >= 0.6 is 0 Å². The highest BCUT2D eigenvalue weighted by Crippen LogP contribution is 2.18. The lowest BCUT2D eigenvalue weighted by molar-refractivity contribution is -0.697. The van der Waals surface area contributed by atoms with Crippen LogP contribution in [0.2, 0.25) is 0 Å². The predicted molar refractivity (Wildman–Crippen MR) is 248 cm³/mol. The summed E-state index contributed by atoms with van der Waals surface area (Å²) in [6.45, 7) is 6.91. The van der Waals surface area contributed by atoms with Crippen LogP contribution in [0.3, 0.4) is 0 Å². The van der Waals surface area contributed by atoms with E-state index in [1.165, 1.54) is 268 Å². The summed E-state index contributed by atoms with van der Waals surface area (Å²) < 4.78 is 4.75. The Kier molecular flexibility index (Phi) is 45.2. The number of unbranched alkanes of at least 4 members (excludes halogenated alkanes) is 38. The number of hydrogen-bond acceptors (Lipinski definition) is 0. The topological polar surface area (TPSA) is 7.76 Å². The molecule has 2 nitrogen and oxygen atoms in total.